The number of carboxylic acid groups (broad SMARTS) is 1. The van der Waals surface area contributed by atoms with Crippen LogP contribution in [-0.2, 0) is 9.53 Å². The van der Waals surface area contributed by atoms with Crippen LogP contribution in [0.15, 0.2) is 30.3 Å². The molecule has 1 amide bonds. The Balaban J connectivity index is 2.38. The fourth-order valence-electron chi connectivity index (χ4n) is 1.22. The van der Waals surface area contributed by atoms with Gasteiger partial charge in [-0.25, -0.2) is 4.79 Å². The summed E-state index contributed by atoms with van der Waals surface area (Å²) in [5, 5.41) is 11.3. The Morgan fingerprint density at radius 3 is 2.53 bits per heavy atom. The first-order valence-electron chi connectivity index (χ1n) is 5.35. The summed E-state index contributed by atoms with van der Waals surface area (Å²) >= 11 is 0. The van der Waals surface area contributed by atoms with Crippen molar-refractivity contribution in [3.05, 3.63) is 30.3 Å². The van der Waals surface area contributed by atoms with Crippen LogP contribution >= 0.6 is 0 Å². The lowest BCUT2D eigenvalue weighted by atomic mass is 10.1. The number of para-hydroxylation sites is 1. The van der Waals surface area contributed by atoms with Gasteiger partial charge < -0.3 is 9.84 Å². The zero-order valence-corrected chi connectivity index (χ0v) is 9.55. The van der Waals surface area contributed by atoms with Crippen molar-refractivity contribution >= 4 is 17.7 Å². The number of amides is 1. The Labute approximate surface area is 99.4 Å². The van der Waals surface area contributed by atoms with Gasteiger partial charge in [-0.05, 0) is 18.6 Å². The highest BCUT2D eigenvalue weighted by atomic mass is 16.5. The molecule has 1 aromatic carbocycles. The first kappa shape index (κ1) is 13.0. The molecule has 0 saturated carbocycles. The number of carboxylic acids is 1. The van der Waals surface area contributed by atoms with E-state index < -0.39 is 18.0 Å². The van der Waals surface area contributed by atoms with Crippen molar-refractivity contribution < 1.29 is 19.4 Å². The Kier molecular flexibility index (Phi) is 5.00. The molecule has 17 heavy (non-hydrogen) atoms. The molecule has 1 atom stereocenters. The minimum atomic E-state index is -0.958. The van der Waals surface area contributed by atoms with Gasteiger partial charge in [-0.1, -0.05) is 25.1 Å². The number of hydrogen-bond donors (Lipinski definition) is 2. The van der Waals surface area contributed by atoms with E-state index in [1.807, 2.05) is 6.07 Å². The molecule has 5 nitrogen and oxygen atoms in total. The van der Waals surface area contributed by atoms with Gasteiger partial charge in [0.05, 0.1) is 5.92 Å². The molecule has 0 heterocycles. The van der Waals surface area contributed by atoms with E-state index >= 15 is 0 Å². The van der Waals surface area contributed by atoms with E-state index in [9.17, 15) is 9.59 Å². The Morgan fingerprint density at radius 2 is 2.00 bits per heavy atom. The predicted molar refractivity (Wildman–Crippen MR) is 62.8 cm³/mol. The summed E-state index contributed by atoms with van der Waals surface area (Å²) < 4.78 is 4.83. The van der Waals surface area contributed by atoms with Gasteiger partial charge in [-0.3, -0.25) is 10.1 Å². The van der Waals surface area contributed by atoms with E-state index in [1.165, 1.54) is 0 Å². The summed E-state index contributed by atoms with van der Waals surface area (Å²) in [7, 11) is 0. The standard InChI is InChI=1S/C12H15NO4/c1-2-9(11(14)15)8-17-12(16)13-10-6-4-3-5-7-10/h3-7,9H,2,8H2,1H3,(H,13,16)(H,14,15). The molecule has 5 heteroatoms. The maximum Gasteiger partial charge on any atom is 0.411 e. The van der Waals surface area contributed by atoms with Gasteiger partial charge in [0.2, 0.25) is 0 Å². The molecule has 2 N–H and O–H groups in total. The van der Waals surface area contributed by atoms with E-state index in [2.05, 4.69) is 5.32 Å². The fourth-order valence-corrected chi connectivity index (χ4v) is 1.22. The second-order valence-corrected chi connectivity index (χ2v) is 3.53. The molecular weight excluding hydrogens is 222 g/mol. The maximum absolute atomic E-state index is 11.3. The van der Waals surface area contributed by atoms with Crippen LogP contribution in [0.4, 0.5) is 10.5 Å². The number of aliphatic carboxylic acids is 1. The summed E-state index contributed by atoms with van der Waals surface area (Å²) in [6.45, 7) is 1.61. The number of carbonyl (C=O) groups excluding carboxylic acids is 1. The number of nitrogens with one attached hydrogen (secondary N) is 1. The summed E-state index contributed by atoms with van der Waals surface area (Å²) in [5.74, 6) is -1.61. The van der Waals surface area contributed by atoms with Gasteiger partial charge in [-0.15, -0.1) is 0 Å². The van der Waals surface area contributed by atoms with Crippen LogP contribution in [0.5, 0.6) is 0 Å². The van der Waals surface area contributed by atoms with Crippen molar-refractivity contribution in [1.82, 2.24) is 0 Å². The molecule has 1 unspecified atom stereocenters. The molecule has 1 aromatic rings. The van der Waals surface area contributed by atoms with Crippen LogP contribution in [0.3, 0.4) is 0 Å². The van der Waals surface area contributed by atoms with Gasteiger partial charge in [0.25, 0.3) is 0 Å². The smallest absolute Gasteiger partial charge is 0.411 e. The van der Waals surface area contributed by atoms with Crippen LogP contribution in [0.1, 0.15) is 13.3 Å². The third-order valence-electron chi connectivity index (χ3n) is 2.28. The lowest BCUT2D eigenvalue weighted by Gasteiger charge is -2.11. The second-order valence-electron chi connectivity index (χ2n) is 3.53. The highest BCUT2D eigenvalue weighted by Crippen LogP contribution is 2.07. The number of anilines is 1. The monoisotopic (exact) mass is 237 g/mol. The highest BCUT2D eigenvalue weighted by molar-refractivity contribution is 5.84. The van der Waals surface area contributed by atoms with Gasteiger partial charge in [-0.2, -0.15) is 0 Å². The van der Waals surface area contributed by atoms with Gasteiger partial charge in [0, 0.05) is 5.69 Å². The van der Waals surface area contributed by atoms with E-state index in [4.69, 9.17) is 9.84 Å². The summed E-state index contributed by atoms with van der Waals surface area (Å²) in [6.07, 6.45) is -0.218. The summed E-state index contributed by atoms with van der Waals surface area (Å²) in [4.78, 5) is 22.0. The molecule has 0 radical (unpaired) electrons. The SMILES string of the molecule is CCC(COC(=O)Nc1ccccc1)C(=O)O. The van der Waals surface area contributed by atoms with Crippen molar-refractivity contribution in [3.63, 3.8) is 0 Å². The average Bonchev–Trinajstić information content (AvgIpc) is 2.30. The van der Waals surface area contributed by atoms with Crippen molar-refractivity contribution in [2.75, 3.05) is 11.9 Å². The summed E-state index contributed by atoms with van der Waals surface area (Å²) in [5.41, 5.74) is 0.612. The molecule has 0 bridgehead atoms. The number of hydrogen-bond acceptors (Lipinski definition) is 3. The van der Waals surface area contributed by atoms with E-state index in [-0.39, 0.29) is 6.61 Å². The lowest BCUT2D eigenvalue weighted by molar-refractivity contribution is -0.143. The Hall–Kier alpha value is -2.04. The van der Waals surface area contributed by atoms with Crippen molar-refractivity contribution in [2.24, 2.45) is 5.92 Å². The Bertz CT molecular complexity index is 377. The third-order valence-corrected chi connectivity index (χ3v) is 2.28. The van der Waals surface area contributed by atoms with Gasteiger partial charge in [0.1, 0.15) is 6.61 Å². The molecule has 0 aliphatic carbocycles. The molecule has 0 aliphatic rings. The van der Waals surface area contributed by atoms with Crippen LogP contribution in [0.2, 0.25) is 0 Å². The third kappa shape index (κ3) is 4.55. The van der Waals surface area contributed by atoms with E-state index in [1.54, 1.807) is 31.2 Å². The van der Waals surface area contributed by atoms with Gasteiger partial charge >= 0.3 is 12.1 Å². The molecule has 0 aromatic heterocycles. The average molecular weight is 237 g/mol. The molecule has 1 rings (SSSR count). The fraction of sp³-hybridized carbons (Fsp3) is 0.333. The first-order valence-corrected chi connectivity index (χ1v) is 5.35. The largest absolute Gasteiger partial charge is 0.481 e. The normalized spacial score (nSPS) is 11.6. The number of ether oxygens (including phenoxy) is 1. The molecular formula is C12H15NO4. The highest BCUT2D eigenvalue weighted by Gasteiger charge is 2.17. The predicted octanol–water partition coefficient (Wildman–Crippen LogP) is 2.35. The second kappa shape index (κ2) is 6.52. The number of carbonyl (C=O) groups is 2. The number of rotatable bonds is 5. The quantitative estimate of drug-likeness (QED) is 0.824. The molecule has 0 aliphatic heterocycles. The molecule has 0 fully saturated rings. The summed E-state index contributed by atoms with van der Waals surface area (Å²) in [6, 6.07) is 8.82. The number of benzene rings is 1. The minimum Gasteiger partial charge on any atom is -0.481 e. The molecule has 92 valence electrons. The molecule has 0 saturated heterocycles. The van der Waals surface area contributed by atoms with E-state index in [0.29, 0.717) is 12.1 Å². The van der Waals surface area contributed by atoms with Crippen molar-refractivity contribution in [1.29, 1.82) is 0 Å². The van der Waals surface area contributed by atoms with Crippen LogP contribution in [-0.4, -0.2) is 23.8 Å². The topological polar surface area (TPSA) is 75.6 Å². The first-order chi connectivity index (χ1) is 8.13. The lowest BCUT2D eigenvalue weighted by Crippen LogP contribution is -2.23. The van der Waals surface area contributed by atoms with Crippen LogP contribution in [0, 0.1) is 5.92 Å². The zero-order valence-electron chi connectivity index (χ0n) is 9.55. The minimum absolute atomic E-state index is 0.121. The van der Waals surface area contributed by atoms with Crippen LogP contribution in [0.25, 0.3) is 0 Å². The van der Waals surface area contributed by atoms with Crippen molar-refractivity contribution in [2.45, 2.75) is 13.3 Å². The van der Waals surface area contributed by atoms with E-state index in [0.717, 1.165) is 0 Å². The zero-order chi connectivity index (χ0) is 12.7. The maximum atomic E-state index is 11.3. The Morgan fingerprint density at radius 1 is 1.35 bits per heavy atom. The van der Waals surface area contributed by atoms with Crippen molar-refractivity contribution in [3.8, 4) is 0 Å². The molecule has 0 spiro atoms. The van der Waals surface area contributed by atoms with Crippen LogP contribution < -0.4 is 5.32 Å². The van der Waals surface area contributed by atoms with Gasteiger partial charge in [0.15, 0.2) is 0 Å².